The third kappa shape index (κ3) is 2.02. The second-order valence-electron chi connectivity index (χ2n) is 7.89. The highest BCUT2D eigenvalue weighted by Gasteiger charge is 2.67. The summed E-state index contributed by atoms with van der Waals surface area (Å²) in [4.78, 5) is 16.0. The van der Waals surface area contributed by atoms with Crippen molar-refractivity contribution in [2.24, 2.45) is 11.8 Å². The number of nitrogens with zero attached hydrogens (tertiary/aromatic N) is 3. The van der Waals surface area contributed by atoms with Gasteiger partial charge in [0.2, 0.25) is 0 Å². The first-order chi connectivity index (χ1) is 13.2. The molecule has 5 atom stereocenters. The van der Waals surface area contributed by atoms with Crippen LogP contribution in [0.25, 0.3) is 0 Å². The molecule has 0 N–H and O–H groups in total. The van der Waals surface area contributed by atoms with Crippen LogP contribution in [-0.2, 0) is 6.42 Å². The van der Waals surface area contributed by atoms with Gasteiger partial charge in [-0.25, -0.2) is 0 Å². The number of hydrogen-bond donors (Lipinski definition) is 0. The number of Topliss-reactive ketones (excluding diaryl/α,β-unsaturated/α-hetero) is 1. The van der Waals surface area contributed by atoms with Crippen molar-refractivity contribution in [1.29, 1.82) is 10.5 Å². The van der Waals surface area contributed by atoms with Crippen LogP contribution in [0.2, 0.25) is 0 Å². The average Bonchev–Trinajstić information content (AvgIpc) is 3.24. The van der Waals surface area contributed by atoms with E-state index in [1.165, 1.54) is 5.56 Å². The molecule has 0 bridgehead atoms. The fraction of sp³-hybridized carbons (Fsp3) is 0.348. The van der Waals surface area contributed by atoms with Crippen molar-refractivity contribution in [3.05, 3.63) is 71.3 Å². The Morgan fingerprint density at radius 1 is 1.04 bits per heavy atom. The summed E-state index contributed by atoms with van der Waals surface area (Å²) in [5.41, 5.74) is 2.15. The SMILES string of the molecule is N#CC1C[C@H]2Cc3ccccc3[C@H]3[C@@H](C#N)C[C@]1(C(=O)c1ccccc1)N23. The van der Waals surface area contributed by atoms with Gasteiger partial charge in [-0.2, -0.15) is 10.5 Å². The lowest BCUT2D eigenvalue weighted by Gasteiger charge is -2.42. The Morgan fingerprint density at radius 3 is 2.52 bits per heavy atom. The number of carbonyl (C=O) groups excluding carboxylic acids is 1. The Morgan fingerprint density at radius 2 is 1.78 bits per heavy atom. The summed E-state index contributed by atoms with van der Waals surface area (Å²) in [6, 6.07) is 22.4. The fourth-order valence-corrected chi connectivity index (χ4v) is 5.74. The maximum absolute atomic E-state index is 13.7. The maximum Gasteiger partial charge on any atom is 0.184 e. The Kier molecular flexibility index (Phi) is 3.47. The van der Waals surface area contributed by atoms with Gasteiger partial charge in [0.25, 0.3) is 0 Å². The summed E-state index contributed by atoms with van der Waals surface area (Å²) in [5.74, 6) is -0.664. The van der Waals surface area contributed by atoms with E-state index in [2.05, 4.69) is 29.2 Å². The Bertz CT molecular complexity index is 1000. The highest BCUT2D eigenvalue weighted by atomic mass is 16.1. The molecule has 4 heteroatoms. The molecule has 3 aliphatic rings. The van der Waals surface area contributed by atoms with Crippen LogP contribution in [0, 0.1) is 34.5 Å². The van der Waals surface area contributed by atoms with E-state index in [0.717, 1.165) is 12.0 Å². The predicted octanol–water partition coefficient (Wildman–Crippen LogP) is 3.66. The lowest BCUT2D eigenvalue weighted by Crippen LogP contribution is -2.53. The standard InChI is InChI=1S/C23H19N3O/c24-13-17-12-23(22(27)15-6-2-1-3-7-15)18(14-25)11-19-10-16-8-4-5-9-20(16)21(17)26(19)23/h1-9,17-19,21H,10-12H2/t17-,18?,19-,21-,23+/m1/s1. The summed E-state index contributed by atoms with van der Waals surface area (Å²) >= 11 is 0. The van der Waals surface area contributed by atoms with Crippen molar-refractivity contribution in [1.82, 2.24) is 4.90 Å². The molecule has 0 radical (unpaired) electrons. The molecule has 27 heavy (non-hydrogen) atoms. The van der Waals surface area contributed by atoms with Gasteiger partial charge in [-0.05, 0) is 30.4 Å². The zero-order chi connectivity index (χ0) is 18.6. The lowest BCUT2D eigenvalue weighted by atomic mass is 9.75. The van der Waals surface area contributed by atoms with Crippen LogP contribution in [0.4, 0.5) is 0 Å². The minimum atomic E-state index is -0.890. The number of nitriles is 2. The molecule has 3 heterocycles. The van der Waals surface area contributed by atoms with E-state index in [0.29, 0.717) is 18.4 Å². The summed E-state index contributed by atoms with van der Waals surface area (Å²) in [6.07, 6.45) is 1.97. The van der Waals surface area contributed by atoms with Gasteiger partial charge in [-0.15, -0.1) is 0 Å². The molecule has 132 valence electrons. The molecule has 3 aliphatic heterocycles. The average molecular weight is 353 g/mol. The molecule has 0 aliphatic carbocycles. The monoisotopic (exact) mass is 353 g/mol. The van der Waals surface area contributed by atoms with E-state index in [4.69, 9.17) is 0 Å². The Labute approximate surface area is 158 Å². The first kappa shape index (κ1) is 16.2. The number of carbonyl (C=O) groups is 1. The van der Waals surface area contributed by atoms with Crippen molar-refractivity contribution in [2.45, 2.75) is 36.9 Å². The first-order valence-corrected chi connectivity index (χ1v) is 9.46. The first-order valence-electron chi connectivity index (χ1n) is 9.46. The lowest BCUT2D eigenvalue weighted by molar-refractivity contribution is 0.0538. The highest BCUT2D eigenvalue weighted by molar-refractivity contribution is 6.04. The second kappa shape index (κ2) is 5.78. The van der Waals surface area contributed by atoms with Gasteiger partial charge in [0.05, 0.1) is 30.0 Å². The van der Waals surface area contributed by atoms with Crippen molar-refractivity contribution in [3.63, 3.8) is 0 Å². The molecule has 2 saturated heterocycles. The highest BCUT2D eigenvalue weighted by Crippen LogP contribution is 2.60. The molecular weight excluding hydrogens is 334 g/mol. The molecule has 2 aromatic carbocycles. The molecular formula is C23H19N3O. The minimum absolute atomic E-state index is 0.000666. The number of rotatable bonds is 2. The molecule has 0 spiro atoms. The molecule has 1 unspecified atom stereocenters. The number of ketones is 1. The molecule has 0 amide bonds. The molecule has 2 fully saturated rings. The van der Waals surface area contributed by atoms with Crippen LogP contribution in [0.1, 0.15) is 40.4 Å². The van der Waals surface area contributed by atoms with Gasteiger partial charge in [0.1, 0.15) is 5.54 Å². The van der Waals surface area contributed by atoms with Gasteiger partial charge in [-0.3, -0.25) is 9.69 Å². The van der Waals surface area contributed by atoms with E-state index < -0.39 is 5.54 Å². The van der Waals surface area contributed by atoms with Crippen LogP contribution >= 0.6 is 0 Å². The molecule has 0 aromatic heterocycles. The zero-order valence-corrected chi connectivity index (χ0v) is 14.9. The van der Waals surface area contributed by atoms with Crippen LogP contribution < -0.4 is 0 Å². The third-order valence-corrected chi connectivity index (χ3v) is 6.73. The van der Waals surface area contributed by atoms with Crippen LogP contribution in [0.15, 0.2) is 54.6 Å². The molecule has 2 aromatic rings. The number of fused-ring (bicyclic) bond motifs is 2. The van der Waals surface area contributed by atoms with Crippen molar-refractivity contribution >= 4 is 5.78 Å². The van der Waals surface area contributed by atoms with Crippen molar-refractivity contribution in [3.8, 4) is 12.1 Å². The van der Waals surface area contributed by atoms with Crippen LogP contribution in [-0.4, -0.2) is 22.3 Å². The smallest absolute Gasteiger partial charge is 0.184 e. The van der Waals surface area contributed by atoms with Gasteiger partial charge < -0.3 is 0 Å². The summed E-state index contributed by atoms with van der Waals surface area (Å²) < 4.78 is 0. The molecule has 5 rings (SSSR count). The maximum atomic E-state index is 13.7. The Hall–Kier alpha value is -2.95. The Balaban J connectivity index is 1.71. The summed E-state index contributed by atoms with van der Waals surface area (Å²) in [5, 5.41) is 19.9. The largest absolute Gasteiger partial charge is 0.292 e. The van der Waals surface area contributed by atoms with Gasteiger partial charge >= 0.3 is 0 Å². The zero-order valence-electron chi connectivity index (χ0n) is 14.9. The normalized spacial score (nSPS) is 33.6. The number of benzene rings is 2. The fourth-order valence-electron chi connectivity index (χ4n) is 5.74. The second-order valence-corrected chi connectivity index (χ2v) is 7.89. The van der Waals surface area contributed by atoms with Gasteiger partial charge in [0.15, 0.2) is 5.78 Å². The molecule has 0 saturated carbocycles. The van der Waals surface area contributed by atoms with Crippen molar-refractivity contribution < 1.29 is 4.79 Å². The van der Waals surface area contributed by atoms with E-state index >= 15 is 0 Å². The van der Waals surface area contributed by atoms with E-state index in [9.17, 15) is 15.3 Å². The van der Waals surface area contributed by atoms with Gasteiger partial charge in [0, 0.05) is 11.6 Å². The van der Waals surface area contributed by atoms with Crippen molar-refractivity contribution in [2.75, 3.05) is 0 Å². The van der Waals surface area contributed by atoms with E-state index in [-0.39, 0.29) is 29.7 Å². The predicted molar refractivity (Wildman–Crippen MR) is 99.5 cm³/mol. The van der Waals surface area contributed by atoms with Crippen LogP contribution in [0.3, 0.4) is 0 Å². The topological polar surface area (TPSA) is 67.9 Å². The minimum Gasteiger partial charge on any atom is -0.292 e. The molecule has 4 nitrogen and oxygen atoms in total. The van der Waals surface area contributed by atoms with Gasteiger partial charge in [-0.1, -0.05) is 54.6 Å². The van der Waals surface area contributed by atoms with Crippen LogP contribution in [0.5, 0.6) is 0 Å². The summed E-state index contributed by atoms with van der Waals surface area (Å²) in [7, 11) is 0. The third-order valence-electron chi connectivity index (χ3n) is 6.73. The quantitative estimate of drug-likeness (QED) is 0.773. The number of hydrogen-bond acceptors (Lipinski definition) is 4. The van der Waals surface area contributed by atoms with E-state index in [1.807, 2.05) is 42.5 Å². The van der Waals surface area contributed by atoms with E-state index in [1.54, 1.807) is 0 Å². The summed E-state index contributed by atoms with van der Waals surface area (Å²) in [6.45, 7) is 0.